The van der Waals surface area contributed by atoms with Crippen molar-refractivity contribution in [1.82, 2.24) is 4.90 Å². The molecule has 0 saturated carbocycles. The summed E-state index contributed by atoms with van der Waals surface area (Å²) >= 11 is 0. The van der Waals surface area contributed by atoms with Gasteiger partial charge in [0.2, 0.25) is 0 Å². The fourth-order valence-corrected chi connectivity index (χ4v) is 4.13. The van der Waals surface area contributed by atoms with E-state index in [1.165, 1.54) is 4.90 Å². The first kappa shape index (κ1) is 23.2. The number of amides is 2. The smallest absolute Gasteiger partial charge is 0.338 e. The van der Waals surface area contributed by atoms with E-state index in [1.54, 1.807) is 45.0 Å². The normalized spacial score (nSPS) is 25.5. The fourth-order valence-electron chi connectivity index (χ4n) is 4.13. The minimum atomic E-state index is -1.73. The first-order chi connectivity index (χ1) is 14.5. The maximum Gasteiger partial charge on any atom is 0.338 e. The quantitative estimate of drug-likeness (QED) is 0.733. The third-order valence-electron chi connectivity index (χ3n) is 5.65. The second kappa shape index (κ2) is 8.96. The molecule has 3 rings (SSSR count). The Labute approximate surface area is 183 Å². The molecule has 1 N–H and O–H groups in total. The number of benzene rings is 1. The zero-order valence-electron chi connectivity index (χ0n) is 18.8. The molecule has 0 aliphatic carbocycles. The summed E-state index contributed by atoms with van der Waals surface area (Å²) in [5, 5.41) is 10.4. The van der Waals surface area contributed by atoms with Gasteiger partial charge in [-0.2, -0.15) is 0 Å². The van der Waals surface area contributed by atoms with Crippen LogP contribution in [-0.4, -0.2) is 70.8 Å². The minimum absolute atomic E-state index is 0.0644. The van der Waals surface area contributed by atoms with E-state index in [2.05, 4.69) is 0 Å². The van der Waals surface area contributed by atoms with Gasteiger partial charge in [0, 0.05) is 29.9 Å². The van der Waals surface area contributed by atoms with Crippen molar-refractivity contribution in [3.63, 3.8) is 0 Å². The zero-order valence-corrected chi connectivity index (χ0v) is 18.8. The average Bonchev–Trinajstić information content (AvgIpc) is 3.04. The Morgan fingerprint density at radius 1 is 1.19 bits per heavy atom. The van der Waals surface area contributed by atoms with Crippen LogP contribution in [0, 0.1) is 0 Å². The Hall–Kier alpha value is -2.45. The first-order valence-electron chi connectivity index (χ1n) is 10.8. The Morgan fingerprint density at radius 3 is 2.45 bits per heavy atom. The summed E-state index contributed by atoms with van der Waals surface area (Å²) in [5.41, 5.74) is 0.232. The van der Waals surface area contributed by atoms with E-state index >= 15 is 0 Å². The lowest BCUT2D eigenvalue weighted by molar-refractivity contribution is -0.177. The molecule has 2 amide bonds. The molecule has 170 valence electrons. The van der Waals surface area contributed by atoms with Crippen molar-refractivity contribution in [1.29, 1.82) is 0 Å². The molecular weight excluding hydrogens is 400 g/mol. The van der Waals surface area contributed by atoms with Crippen LogP contribution >= 0.6 is 0 Å². The Kier molecular flexibility index (Phi) is 6.71. The van der Waals surface area contributed by atoms with Crippen LogP contribution in [0.1, 0.15) is 57.8 Å². The van der Waals surface area contributed by atoms with Crippen molar-refractivity contribution in [2.45, 2.75) is 77.4 Å². The van der Waals surface area contributed by atoms with E-state index in [1.807, 2.05) is 18.7 Å². The molecule has 0 unspecified atom stereocenters. The first-order valence-corrected chi connectivity index (χ1v) is 10.8. The largest absolute Gasteiger partial charge is 0.458 e. The number of likely N-dealkylation sites (tertiary alicyclic amines) is 1. The van der Waals surface area contributed by atoms with Gasteiger partial charge in [-0.15, -0.1) is 0 Å². The number of esters is 1. The van der Waals surface area contributed by atoms with Gasteiger partial charge in [0.1, 0.15) is 5.60 Å². The lowest BCUT2D eigenvalue weighted by Crippen LogP contribution is -2.55. The molecule has 2 saturated heterocycles. The molecule has 2 aliphatic heterocycles. The summed E-state index contributed by atoms with van der Waals surface area (Å²) in [6.07, 6.45) is -1.15. The second-order valence-corrected chi connectivity index (χ2v) is 9.30. The summed E-state index contributed by atoms with van der Waals surface area (Å²) in [4.78, 5) is 41.6. The number of rotatable bonds is 4. The van der Waals surface area contributed by atoms with Crippen molar-refractivity contribution >= 4 is 23.5 Å². The highest BCUT2D eigenvalue weighted by molar-refractivity contribution is 6.02. The number of hydrogen-bond acceptors (Lipinski definition) is 6. The van der Waals surface area contributed by atoms with Gasteiger partial charge in [0.05, 0.1) is 6.61 Å². The molecule has 0 radical (unpaired) electrons. The maximum absolute atomic E-state index is 13.1. The topological polar surface area (TPSA) is 96.4 Å². The molecule has 8 heteroatoms. The summed E-state index contributed by atoms with van der Waals surface area (Å²) in [6, 6.07) is 7.22. The lowest BCUT2D eigenvalue weighted by atomic mass is 10.1. The van der Waals surface area contributed by atoms with E-state index in [9.17, 15) is 19.5 Å². The summed E-state index contributed by atoms with van der Waals surface area (Å²) in [5.74, 6) is -1.52. The van der Waals surface area contributed by atoms with E-state index in [4.69, 9.17) is 9.47 Å². The number of aliphatic hydroxyl groups is 1. The van der Waals surface area contributed by atoms with Gasteiger partial charge in [-0.25, -0.2) is 4.79 Å². The third kappa shape index (κ3) is 5.07. The van der Waals surface area contributed by atoms with Crippen molar-refractivity contribution in [3.8, 4) is 0 Å². The number of morpholine rings is 1. The number of carbonyl (C=O) groups is 3. The molecule has 0 spiro atoms. The van der Waals surface area contributed by atoms with Crippen LogP contribution in [0.25, 0.3) is 0 Å². The molecule has 2 heterocycles. The average molecular weight is 433 g/mol. The maximum atomic E-state index is 13.1. The highest BCUT2D eigenvalue weighted by atomic mass is 16.6. The predicted molar refractivity (Wildman–Crippen MR) is 115 cm³/mol. The fraction of sp³-hybridized carbons (Fsp3) is 0.609. The van der Waals surface area contributed by atoms with Gasteiger partial charge in [0.25, 0.3) is 11.8 Å². The van der Waals surface area contributed by atoms with Crippen molar-refractivity contribution in [2.24, 2.45) is 0 Å². The molecule has 2 aliphatic rings. The number of aliphatic hydroxyl groups excluding tert-OH is 1. The van der Waals surface area contributed by atoms with Crippen molar-refractivity contribution < 1.29 is 29.0 Å². The third-order valence-corrected chi connectivity index (χ3v) is 5.65. The van der Waals surface area contributed by atoms with Gasteiger partial charge in [-0.3, -0.25) is 9.59 Å². The second-order valence-electron chi connectivity index (χ2n) is 9.30. The standard InChI is InChI=1S/C23H32N2O6/c1-14-9-10-15(2)25(14)20(27)16-7-6-8-17(13-16)24-11-12-30-19(21(24)28)18(26)22(29)31-23(3,4)5/h6-8,13-15,18-19,26H,9-12H2,1-5H3/t14-,15-,18-,19-/m1/s1. The van der Waals surface area contributed by atoms with Gasteiger partial charge in [-0.1, -0.05) is 6.07 Å². The predicted octanol–water partition coefficient (Wildman–Crippen LogP) is 2.13. The van der Waals surface area contributed by atoms with E-state index in [0.29, 0.717) is 11.3 Å². The Morgan fingerprint density at radius 2 is 1.84 bits per heavy atom. The molecule has 2 fully saturated rings. The highest BCUT2D eigenvalue weighted by Crippen LogP contribution is 2.28. The van der Waals surface area contributed by atoms with Crippen LogP contribution in [0.4, 0.5) is 5.69 Å². The minimum Gasteiger partial charge on any atom is -0.458 e. The molecule has 0 aromatic heterocycles. The van der Waals surface area contributed by atoms with Crippen LogP contribution in [0.2, 0.25) is 0 Å². The molecular formula is C23H32N2O6. The van der Waals surface area contributed by atoms with E-state index in [-0.39, 0.29) is 31.1 Å². The van der Waals surface area contributed by atoms with Gasteiger partial charge < -0.3 is 24.4 Å². The lowest BCUT2D eigenvalue weighted by Gasteiger charge is -2.35. The van der Waals surface area contributed by atoms with Crippen molar-refractivity contribution in [3.05, 3.63) is 29.8 Å². The molecule has 1 aromatic rings. The number of anilines is 1. The molecule has 8 nitrogen and oxygen atoms in total. The van der Waals surface area contributed by atoms with Crippen LogP contribution < -0.4 is 4.90 Å². The molecule has 1 aromatic carbocycles. The van der Waals surface area contributed by atoms with Crippen LogP contribution in [0.5, 0.6) is 0 Å². The number of ether oxygens (including phenoxy) is 2. The van der Waals surface area contributed by atoms with Crippen molar-refractivity contribution in [2.75, 3.05) is 18.1 Å². The number of hydrogen-bond donors (Lipinski definition) is 1. The Bertz CT molecular complexity index is 839. The Balaban J connectivity index is 1.78. The highest BCUT2D eigenvalue weighted by Gasteiger charge is 2.41. The van der Waals surface area contributed by atoms with Gasteiger partial charge in [0.15, 0.2) is 12.2 Å². The molecule has 4 atom stereocenters. The SMILES string of the molecule is C[C@@H]1CC[C@@H](C)N1C(=O)c1cccc(N2CCO[C@H]([C@@H](O)C(=O)OC(C)(C)C)C2=O)c1. The zero-order chi connectivity index (χ0) is 22.9. The summed E-state index contributed by atoms with van der Waals surface area (Å²) < 4.78 is 10.6. The van der Waals surface area contributed by atoms with Gasteiger partial charge in [-0.05, 0) is 65.7 Å². The van der Waals surface area contributed by atoms with Crippen LogP contribution in [0.3, 0.4) is 0 Å². The summed E-state index contributed by atoms with van der Waals surface area (Å²) in [6.45, 7) is 9.52. The van der Waals surface area contributed by atoms with Gasteiger partial charge >= 0.3 is 5.97 Å². The summed E-state index contributed by atoms with van der Waals surface area (Å²) in [7, 11) is 0. The molecule has 31 heavy (non-hydrogen) atoms. The number of carbonyl (C=O) groups excluding carboxylic acids is 3. The van der Waals surface area contributed by atoms with E-state index in [0.717, 1.165) is 12.8 Å². The monoisotopic (exact) mass is 432 g/mol. The van der Waals surface area contributed by atoms with Crippen LogP contribution in [0.15, 0.2) is 24.3 Å². The van der Waals surface area contributed by atoms with E-state index < -0.39 is 29.7 Å². The number of nitrogens with zero attached hydrogens (tertiary/aromatic N) is 2. The van der Waals surface area contributed by atoms with Crippen LogP contribution in [-0.2, 0) is 19.1 Å². The molecule has 0 bridgehead atoms.